The van der Waals surface area contributed by atoms with Gasteiger partial charge in [0.25, 0.3) is 0 Å². The Morgan fingerprint density at radius 2 is 2.03 bits per heavy atom. The molecule has 0 unspecified atom stereocenters. The molecule has 0 atom stereocenters. The van der Waals surface area contributed by atoms with Gasteiger partial charge in [0.2, 0.25) is 5.75 Å². The molecule has 0 bridgehead atoms. The first kappa shape index (κ1) is 26.7. The maximum absolute atomic E-state index is 12.1. The number of hydrogen-bond acceptors (Lipinski definition) is 9. The zero-order chi connectivity index (χ0) is 25.4. The standard InChI is InChI=1S/C25H37N5O4S/c1-17(2)33-25(31)30-13-10-19(11-14-30)34-21-9-12-26-24(23(21)32-5)28-20-7-8-22(27-18(20)3)29(4)15-16-35-6/h7-9,12,17,19H,10-11,13-16H2,1-6H3,(H,26,28). The molecule has 1 aliphatic heterocycles. The van der Waals surface area contributed by atoms with Crippen LogP contribution in [-0.2, 0) is 4.74 Å². The number of hydrogen-bond donors (Lipinski definition) is 1. The first-order valence-corrected chi connectivity index (χ1v) is 13.3. The maximum Gasteiger partial charge on any atom is 0.410 e. The summed E-state index contributed by atoms with van der Waals surface area (Å²) in [6.45, 7) is 7.80. The largest absolute Gasteiger partial charge is 0.490 e. The molecule has 9 nitrogen and oxygen atoms in total. The molecule has 1 N–H and O–H groups in total. The third-order valence-electron chi connectivity index (χ3n) is 5.75. The van der Waals surface area contributed by atoms with E-state index in [9.17, 15) is 4.79 Å². The van der Waals surface area contributed by atoms with Crippen LogP contribution in [0, 0.1) is 6.92 Å². The summed E-state index contributed by atoms with van der Waals surface area (Å²) in [4.78, 5) is 25.2. The second-order valence-electron chi connectivity index (χ2n) is 8.77. The van der Waals surface area contributed by atoms with E-state index in [1.54, 1.807) is 24.3 Å². The fraction of sp³-hybridized carbons (Fsp3) is 0.560. The summed E-state index contributed by atoms with van der Waals surface area (Å²) in [5.74, 6) is 3.70. The molecule has 3 rings (SSSR count). The second-order valence-corrected chi connectivity index (χ2v) is 9.76. The average molecular weight is 504 g/mol. The van der Waals surface area contributed by atoms with Gasteiger partial charge >= 0.3 is 6.09 Å². The van der Waals surface area contributed by atoms with Gasteiger partial charge in [0.1, 0.15) is 11.9 Å². The number of nitrogens with one attached hydrogen (secondary N) is 1. The zero-order valence-electron chi connectivity index (χ0n) is 21.5. The van der Waals surface area contributed by atoms with E-state index in [4.69, 9.17) is 19.2 Å². The number of ether oxygens (including phenoxy) is 3. The molecule has 0 radical (unpaired) electrons. The SMILES string of the molecule is COc1c(OC2CCN(C(=O)OC(C)C)CC2)ccnc1Nc1ccc(N(C)CCSC)nc1C. The highest BCUT2D eigenvalue weighted by Gasteiger charge is 2.26. The molecule has 2 aromatic heterocycles. The topological polar surface area (TPSA) is 89.0 Å². The highest BCUT2D eigenvalue weighted by Crippen LogP contribution is 2.37. The normalized spacial score (nSPS) is 14.1. The Kier molecular flexibility index (Phi) is 9.71. The molecular weight excluding hydrogens is 466 g/mol. The quantitative estimate of drug-likeness (QED) is 0.494. The number of carbonyl (C=O) groups is 1. The zero-order valence-corrected chi connectivity index (χ0v) is 22.4. The fourth-order valence-electron chi connectivity index (χ4n) is 3.78. The molecule has 1 amide bonds. The van der Waals surface area contributed by atoms with Gasteiger partial charge in [-0.1, -0.05) is 0 Å². The van der Waals surface area contributed by atoms with Gasteiger partial charge in [-0.15, -0.1) is 0 Å². The van der Waals surface area contributed by atoms with E-state index in [-0.39, 0.29) is 18.3 Å². The van der Waals surface area contributed by atoms with Gasteiger partial charge in [-0.05, 0) is 39.2 Å². The van der Waals surface area contributed by atoms with E-state index in [0.29, 0.717) is 30.4 Å². The molecule has 3 heterocycles. The van der Waals surface area contributed by atoms with Crippen molar-refractivity contribution in [3.05, 3.63) is 30.1 Å². The Hall–Kier alpha value is -2.88. The number of rotatable bonds is 10. The molecule has 192 valence electrons. The lowest BCUT2D eigenvalue weighted by Crippen LogP contribution is -2.42. The van der Waals surface area contributed by atoms with Crippen LogP contribution < -0.4 is 19.7 Å². The number of aryl methyl sites for hydroxylation is 1. The summed E-state index contributed by atoms with van der Waals surface area (Å²) in [5, 5.41) is 3.35. The molecule has 10 heteroatoms. The maximum atomic E-state index is 12.1. The summed E-state index contributed by atoms with van der Waals surface area (Å²) in [6, 6.07) is 5.81. The summed E-state index contributed by atoms with van der Waals surface area (Å²) in [6.07, 6.45) is 4.82. The van der Waals surface area contributed by atoms with Crippen LogP contribution in [0.25, 0.3) is 0 Å². The smallest absolute Gasteiger partial charge is 0.410 e. The number of carbonyl (C=O) groups excluding carboxylic acids is 1. The van der Waals surface area contributed by atoms with E-state index in [1.165, 1.54) is 0 Å². The number of thioether (sulfide) groups is 1. The third kappa shape index (κ3) is 7.30. The minimum Gasteiger partial charge on any atom is -0.490 e. The van der Waals surface area contributed by atoms with E-state index < -0.39 is 0 Å². The molecule has 1 aliphatic rings. The van der Waals surface area contributed by atoms with E-state index in [1.807, 2.05) is 51.7 Å². The predicted molar refractivity (Wildman–Crippen MR) is 142 cm³/mol. The van der Waals surface area contributed by atoms with E-state index >= 15 is 0 Å². The van der Waals surface area contributed by atoms with Crippen molar-refractivity contribution in [2.75, 3.05) is 56.0 Å². The number of methoxy groups -OCH3 is 1. The number of aromatic nitrogens is 2. The fourth-order valence-corrected chi connectivity index (χ4v) is 4.24. The molecule has 0 saturated carbocycles. The van der Waals surface area contributed by atoms with Crippen molar-refractivity contribution >= 4 is 35.2 Å². The van der Waals surface area contributed by atoms with Crippen molar-refractivity contribution in [2.45, 2.75) is 45.8 Å². The molecule has 1 saturated heterocycles. The molecule has 2 aromatic rings. The van der Waals surface area contributed by atoms with Crippen LogP contribution >= 0.6 is 11.8 Å². The number of nitrogens with zero attached hydrogens (tertiary/aromatic N) is 4. The van der Waals surface area contributed by atoms with Crippen molar-refractivity contribution < 1.29 is 19.0 Å². The Labute approximate surface area is 212 Å². The van der Waals surface area contributed by atoms with E-state index in [2.05, 4.69) is 21.5 Å². The van der Waals surface area contributed by atoms with Gasteiger partial charge in [-0.3, -0.25) is 0 Å². The van der Waals surface area contributed by atoms with Gasteiger partial charge in [0.05, 0.1) is 24.6 Å². The van der Waals surface area contributed by atoms with Crippen molar-refractivity contribution in [2.24, 2.45) is 0 Å². The summed E-state index contributed by atoms with van der Waals surface area (Å²) >= 11 is 1.82. The summed E-state index contributed by atoms with van der Waals surface area (Å²) < 4.78 is 17.2. The molecular formula is C25H37N5O4S. The van der Waals surface area contributed by atoms with Gasteiger partial charge < -0.3 is 29.3 Å². The van der Waals surface area contributed by atoms with Crippen LogP contribution in [0.4, 0.5) is 22.1 Å². The third-order valence-corrected chi connectivity index (χ3v) is 6.34. The van der Waals surface area contributed by atoms with Crippen LogP contribution in [0.15, 0.2) is 24.4 Å². The predicted octanol–water partition coefficient (Wildman–Crippen LogP) is 4.72. The van der Waals surface area contributed by atoms with E-state index in [0.717, 1.165) is 42.3 Å². The lowest BCUT2D eigenvalue weighted by atomic mass is 10.1. The first-order valence-electron chi connectivity index (χ1n) is 11.9. The lowest BCUT2D eigenvalue weighted by molar-refractivity contribution is 0.0511. The number of anilines is 3. The number of likely N-dealkylation sites (tertiary alicyclic amines) is 1. The molecule has 0 aliphatic carbocycles. The van der Waals surface area contributed by atoms with Crippen LogP contribution in [0.1, 0.15) is 32.4 Å². The lowest BCUT2D eigenvalue weighted by Gasteiger charge is -2.32. The van der Waals surface area contributed by atoms with Crippen molar-refractivity contribution in [3.63, 3.8) is 0 Å². The Morgan fingerprint density at radius 3 is 2.66 bits per heavy atom. The molecule has 35 heavy (non-hydrogen) atoms. The minimum atomic E-state index is -0.267. The van der Waals surface area contributed by atoms with Crippen molar-refractivity contribution in [1.82, 2.24) is 14.9 Å². The molecule has 1 fully saturated rings. The van der Waals surface area contributed by atoms with Crippen LogP contribution in [0.5, 0.6) is 11.5 Å². The minimum absolute atomic E-state index is 0.0262. The highest BCUT2D eigenvalue weighted by atomic mass is 32.2. The van der Waals surface area contributed by atoms with Crippen molar-refractivity contribution in [1.29, 1.82) is 0 Å². The number of pyridine rings is 2. The van der Waals surface area contributed by atoms with Crippen molar-refractivity contribution in [3.8, 4) is 11.5 Å². The Balaban J connectivity index is 1.66. The Bertz CT molecular complexity index is 982. The summed E-state index contributed by atoms with van der Waals surface area (Å²) in [5.41, 5.74) is 1.72. The Morgan fingerprint density at radius 1 is 1.29 bits per heavy atom. The number of amides is 1. The van der Waals surface area contributed by atoms with Gasteiger partial charge in [0, 0.05) is 57.5 Å². The highest BCUT2D eigenvalue weighted by molar-refractivity contribution is 7.98. The van der Waals surface area contributed by atoms with Gasteiger partial charge in [-0.2, -0.15) is 11.8 Å². The van der Waals surface area contributed by atoms with Gasteiger partial charge in [0.15, 0.2) is 11.6 Å². The van der Waals surface area contributed by atoms with Gasteiger partial charge in [-0.25, -0.2) is 14.8 Å². The summed E-state index contributed by atoms with van der Waals surface area (Å²) in [7, 11) is 3.66. The van der Waals surface area contributed by atoms with Crippen LogP contribution in [0.2, 0.25) is 0 Å². The molecule has 0 aromatic carbocycles. The second kappa shape index (κ2) is 12.7. The average Bonchev–Trinajstić information content (AvgIpc) is 2.84. The molecule has 0 spiro atoms. The van der Waals surface area contributed by atoms with Crippen LogP contribution in [0.3, 0.4) is 0 Å². The van der Waals surface area contributed by atoms with Crippen LogP contribution in [-0.4, -0.2) is 79.0 Å². The first-order chi connectivity index (χ1) is 16.8. The monoisotopic (exact) mass is 503 g/mol. The number of piperidine rings is 1.